The third kappa shape index (κ3) is 5.80. The van der Waals surface area contributed by atoms with Crippen LogP contribution in [-0.4, -0.2) is 47.8 Å². The first-order valence-corrected chi connectivity index (χ1v) is 10.1. The van der Waals surface area contributed by atoms with Gasteiger partial charge in [0.1, 0.15) is 12.7 Å². The van der Waals surface area contributed by atoms with E-state index in [4.69, 9.17) is 18.9 Å². The summed E-state index contributed by atoms with van der Waals surface area (Å²) in [5.41, 5.74) is -1.90. The highest BCUT2D eigenvalue weighted by Crippen LogP contribution is 2.37. The molecular weight excluding hydrogens is 388 g/mol. The Morgan fingerprint density at radius 1 is 1.03 bits per heavy atom. The molecule has 168 valence electrons. The van der Waals surface area contributed by atoms with Crippen molar-refractivity contribution in [3.63, 3.8) is 0 Å². The summed E-state index contributed by atoms with van der Waals surface area (Å²) >= 11 is 0. The number of carbonyl (C=O) groups excluding carboxylic acids is 2. The fourth-order valence-electron chi connectivity index (χ4n) is 2.83. The maximum atomic E-state index is 12.6. The van der Waals surface area contributed by atoms with Gasteiger partial charge in [-0.2, -0.15) is 0 Å². The van der Waals surface area contributed by atoms with Crippen LogP contribution in [0.1, 0.15) is 54.0 Å². The number of carbonyl (C=O) groups is 2. The molecule has 2 rings (SSSR count). The fraction of sp³-hybridized carbons (Fsp3) is 0.652. The van der Waals surface area contributed by atoms with Crippen LogP contribution in [-0.2, 0) is 35.1 Å². The maximum Gasteiger partial charge on any atom is 0.311 e. The second kappa shape index (κ2) is 9.04. The minimum absolute atomic E-state index is 0.167. The van der Waals surface area contributed by atoms with Gasteiger partial charge in [-0.3, -0.25) is 9.59 Å². The number of ether oxygens (including phenoxy) is 4. The van der Waals surface area contributed by atoms with Crippen molar-refractivity contribution in [2.45, 2.75) is 79.2 Å². The van der Waals surface area contributed by atoms with E-state index in [-0.39, 0.29) is 13.2 Å². The third-order valence-electron chi connectivity index (χ3n) is 4.93. The highest BCUT2D eigenvalue weighted by molar-refractivity contribution is 5.76. The highest BCUT2D eigenvalue weighted by atomic mass is 16.7. The molecule has 1 N–H and O–H groups in total. The van der Waals surface area contributed by atoms with Crippen LogP contribution in [0, 0.1) is 10.8 Å². The number of benzene rings is 1. The first-order valence-electron chi connectivity index (χ1n) is 10.1. The van der Waals surface area contributed by atoms with E-state index in [2.05, 4.69) is 0 Å². The molecule has 1 aromatic carbocycles. The van der Waals surface area contributed by atoms with E-state index in [0.29, 0.717) is 0 Å². The first kappa shape index (κ1) is 24.3. The number of aliphatic hydroxyl groups excluding tert-OH is 1. The molecule has 1 aliphatic rings. The van der Waals surface area contributed by atoms with Gasteiger partial charge in [-0.1, -0.05) is 30.3 Å². The minimum Gasteiger partial charge on any atom is -0.462 e. The Hall–Kier alpha value is -1.96. The van der Waals surface area contributed by atoms with E-state index in [1.807, 2.05) is 30.3 Å². The Kier molecular flexibility index (Phi) is 7.32. The normalized spacial score (nSPS) is 27.0. The molecule has 1 aromatic rings. The Morgan fingerprint density at radius 3 is 2.13 bits per heavy atom. The average Bonchev–Trinajstić information content (AvgIpc) is 2.88. The van der Waals surface area contributed by atoms with Gasteiger partial charge >= 0.3 is 11.9 Å². The highest BCUT2D eigenvalue weighted by Gasteiger charge is 2.57. The van der Waals surface area contributed by atoms with Crippen molar-refractivity contribution in [3.05, 3.63) is 35.9 Å². The van der Waals surface area contributed by atoms with E-state index in [1.54, 1.807) is 48.5 Å². The van der Waals surface area contributed by atoms with Crippen molar-refractivity contribution >= 4 is 11.9 Å². The van der Waals surface area contributed by atoms with Gasteiger partial charge in [-0.15, -0.1) is 0 Å². The summed E-state index contributed by atoms with van der Waals surface area (Å²) in [6, 6.07) is 9.45. The van der Waals surface area contributed by atoms with Crippen LogP contribution in [0.5, 0.6) is 0 Å². The van der Waals surface area contributed by atoms with E-state index in [0.717, 1.165) is 5.56 Å². The molecule has 4 atom stereocenters. The zero-order valence-electron chi connectivity index (χ0n) is 18.9. The van der Waals surface area contributed by atoms with Crippen molar-refractivity contribution in [2.75, 3.05) is 6.61 Å². The molecule has 0 radical (unpaired) electrons. The van der Waals surface area contributed by atoms with Crippen LogP contribution in [0.15, 0.2) is 30.3 Å². The van der Waals surface area contributed by atoms with Crippen molar-refractivity contribution in [2.24, 2.45) is 10.8 Å². The molecule has 0 saturated carbocycles. The van der Waals surface area contributed by atoms with Crippen molar-refractivity contribution < 1.29 is 33.6 Å². The van der Waals surface area contributed by atoms with Crippen LogP contribution in [0.25, 0.3) is 0 Å². The second-order valence-electron chi connectivity index (χ2n) is 9.91. The lowest BCUT2D eigenvalue weighted by atomic mass is 9.94. The molecule has 0 amide bonds. The predicted molar refractivity (Wildman–Crippen MR) is 110 cm³/mol. The number of rotatable bonds is 6. The van der Waals surface area contributed by atoms with Crippen molar-refractivity contribution in [1.29, 1.82) is 0 Å². The van der Waals surface area contributed by atoms with Crippen molar-refractivity contribution in [3.8, 4) is 0 Å². The molecule has 1 heterocycles. The smallest absolute Gasteiger partial charge is 0.311 e. The van der Waals surface area contributed by atoms with Gasteiger partial charge < -0.3 is 24.1 Å². The number of aliphatic hydroxyl groups is 1. The van der Waals surface area contributed by atoms with E-state index < -0.39 is 46.9 Å². The molecule has 7 heteroatoms. The summed E-state index contributed by atoms with van der Waals surface area (Å²) in [7, 11) is 0. The van der Waals surface area contributed by atoms with Gasteiger partial charge in [-0.25, -0.2) is 0 Å². The summed E-state index contributed by atoms with van der Waals surface area (Å²) < 4.78 is 22.8. The third-order valence-corrected chi connectivity index (χ3v) is 4.93. The summed E-state index contributed by atoms with van der Waals surface area (Å²) in [5, 5.41) is 10.6. The van der Waals surface area contributed by atoms with Gasteiger partial charge in [0.2, 0.25) is 0 Å². The molecule has 30 heavy (non-hydrogen) atoms. The lowest BCUT2D eigenvalue weighted by Crippen LogP contribution is -2.51. The lowest BCUT2D eigenvalue weighted by Gasteiger charge is -2.34. The molecule has 1 aliphatic heterocycles. The summed E-state index contributed by atoms with van der Waals surface area (Å²) in [6.45, 7) is 12.1. The summed E-state index contributed by atoms with van der Waals surface area (Å²) in [4.78, 5) is 24.8. The summed E-state index contributed by atoms with van der Waals surface area (Å²) in [6.07, 6.45) is -3.19. The average molecular weight is 423 g/mol. The van der Waals surface area contributed by atoms with Gasteiger partial charge in [0.05, 0.1) is 17.4 Å². The predicted octanol–water partition coefficient (Wildman–Crippen LogP) is 3.23. The summed E-state index contributed by atoms with van der Waals surface area (Å²) in [5.74, 6) is -0.882. The Morgan fingerprint density at radius 2 is 1.60 bits per heavy atom. The lowest BCUT2D eigenvalue weighted by molar-refractivity contribution is -0.206. The quantitative estimate of drug-likeness (QED) is 0.704. The Labute approximate surface area is 178 Å². The second-order valence-corrected chi connectivity index (χ2v) is 9.91. The molecule has 0 aliphatic carbocycles. The van der Waals surface area contributed by atoms with Crippen LogP contribution >= 0.6 is 0 Å². The van der Waals surface area contributed by atoms with Crippen LogP contribution in [0.3, 0.4) is 0 Å². The van der Waals surface area contributed by atoms with E-state index in [9.17, 15) is 14.7 Å². The fourth-order valence-corrected chi connectivity index (χ4v) is 2.83. The number of hydrogen-bond acceptors (Lipinski definition) is 7. The molecular formula is C23H34O7. The van der Waals surface area contributed by atoms with Crippen LogP contribution in [0.2, 0.25) is 0 Å². The number of esters is 2. The largest absolute Gasteiger partial charge is 0.462 e. The molecule has 1 fully saturated rings. The molecule has 0 bridgehead atoms. The molecule has 7 nitrogen and oxygen atoms in total. The SMILES string of the molecule is CC(C)(C)C(=O)OC[C@H]1OC(O)[C@](C)(OCc2ccccc2)[C@@H]1OC(=O)C(C)(C)C. The standard InChI is InChI=1S/C23H34O7/c1-21(2,3)18(24)27-14-16-17(30-19(25)22(4,5)6)23(7,20(26)29-16)28-13-15-11-9-8-10-12-15/h8-12,16-17,20,26H,13-14H2,1-7H3/t16-,17-,20?,23-/m1/s1. The monoisotopic (exact) mass is 422 g/mol. The zero-order chi connectivity index (χ0) is 22.7. The maximum absolute atomic E-state index is 12.6. The first-order chi connectivity index (χ1) is 13.7. The van der Waals surface area contributed by atoms with Gasteiger partial charge in [0.15, 0.2) is 18.0 Å². The van der Waals surface area contributed by atoms with E-state index in [1.165, 1.54) is 0 Å². The molecule has 0 spiro atoms. The molecule has 1 unspecified atom stereocenters. The number of hydrogen-bond donors (Lipinski definition) is 1. The van der Waals surface area contributed by atoms with Crippen molar-refractivity contribution in [1.82, 2.24) is 0 Å². The zero-order valence-corrected chi connectivity index (χ0v) is 18.9. The van der Waals surface area contributed by atoms with Crippen LogP contribution < -0.4 is 0 Å². The Balaban J connectivity index is 2.22. The van der Waals surface area contributed by atoms with Gasteiger partial charge in [0.25, 0.3) is 0 Å². The molecule has 1 saturated heterocycles. The minimum atomic E-state index is -1.36. The van der Waals surface area contributed by atoms with Gasteiger partial charge in [0, 0.05) is 0 Å². The van der Waals surface area contributed by atoms with E-state index >= 15 is 0 Å². The van der Waals surface area contributed by atoms with Crippen LogP contribution in [0.4, 0.5) is 0 Å². The van der Waals surface area contributed by atoms with Gasteiger partial charge in [-0.05, 0) is 54.0 Å². The molecule has 0 aromatic heterocycles. The Bertz CT molecular complexity index is 732. The topological polar surface area (TPSA) is 91.3 Å².